The number of aromatic nitrogens is 6. The van der Waals surface area contributed by atoms with Crippen LogP contribution in [-0.2, 0) is 16.4 Å². The van der Waals surface area contributed by atoms with E-state index in [0.717, 1.165) is 6.42 Å². The Bertz CT molecular complexity index is 1780. The van der Waals surface area contributed by atoms with Crippen molar-refractivity contribution in [1.82, 2.24) is 29.0 Å². The average Bonchev–Trinajstić information content (AvgIpc) is 3.46. The highest BCUT2D eigenvalue weighted by molar-refractivity contribution is 7.89. The van der Waals surface area contributed by atoms with Crippen LogP contribution in [0.5, 0.6) is 5.75 Å². The van der Waals surface area contributed by atoms with Crippen molar-refractivity contribution in [3.05, 3.63) is 56.7 Å². The van der Waals surface area contributed by atoms with Gasteiger partial charge < -0.3 is 14.9 Å². The maximum absolute atomic E-state index is 13.7. The minimum absolute atomic E-state index is 0.00110. The van der Waals surface area contributed by atoms with E-state index in [2.05, 4.69) is 24.9 Å². The molecular weight excluding hydrogens is 554 g/mol. The van der Waals surface area contributed by atoms with Crippen molar-refractivity contribution < 1.29 is 27.5 Å². The third-order valence-corrected chi connectivity index (χ3v) is 9.14. The van der Waals surface area contributed by atoms with Gasteiger partial charge in [0.05, 0.1) is 22.8 Å². The van der Waals surface area contributed by atoms with Gasteiger partial charge in [0.15, 0.2) is 11.3 Å². The lowest BCUT2D eigenvalue weighted by molar-refractivity contribution is -0.806. The number of hydrogen-bond donors (Lipinski definition) is 1. The number of aryl methyl sites for hydroxylation is 2. The molecule has 1 aromatic carbocycles. The van der Waals surface area contributed by atoms with Crippen molar-refractivity contribution in [3.63, 3.8) is 0 Å². The smallest absolute Gasteiger partial charge is 0.286 e. The van der Waals surface area contributed by atoms with Gasteiger partial charge in [-0.05, 0) is 56.2 Å². The summed E-state index contributed by atoms with van der Waals surface area (Å²) in [4.78, 5) is 33.3. The number of rotatable bonds is 9. The molecule has 14 nitrogen and oxygen atoms in total. The third kappa shape index (κ3) is 5.10. The van der Waals surface area contributed by atoms with Crippen LogP contribution < -0.4 is 15.2 Å². The highest BCUT2D eigenvalue weighted by atomic mass is 32.2. The van der Waals surface area contributed by atoms with Crippen LogP contribution in [0.15, 0.2) is 32.5 Å². The van der Waals surface area contributed by atoms with Crippen LogP contribution in [0.25, 0.3) is 16.9 Å². The number of Topliss-reactive ketones (excluding diaryl/α,β-unsaturated/α-hetero) is 1. The SMILES string of the molecule is CCCc1nc(C)c2c(=O)[nH]c(-c3cc(S(=O)(=O)N4CCC(C(=O)c5no[n+]([O-])c5C)CC4)ccc3OCC)nn12. The number of nitrogens with zero attached hydrogens (tertiary/aromatic N) is 6. The molecule has 1 saturated heterocycles. The van der Waals surface area contributed by atoms with Gasteiger partial charge in [0.1, 0.15) is 11.6 Å². The van der Waals surface area contributed by atoms with Gasteiger partial charge in [-0.25, -0.2) is 17.9 Å². The molecule has 0 atom stereocenters. The van der Waals surface area contributed by atoms with Crippen LogP contribution in [0.2, 0.25) is 0 Å². The lowest BCUT2D eigenvalue weighted by Gasteiger charge is -2.30. The highest BCUT2D eigenvalue weighted by Crippen LogP contribution is 2.33. The van der Waals surface area contributed by atoms with E-state index in [0.29, 0.717) is 41.4 Å². The van der Waals surface area contributed by atoms with E-state index >= 15 is 0 Å². The number of ether oxygens (including phenoxy) is 1. The molecule has 15 heteroatoms. The Morgan fingerprint density at radius 3 is 2.61 bits per heavy atom. The van der Waals surface area contributed by atoms with Gasteiger partial charge in [-0.2, -0.15) is 4.31 Å². The van der Waals surface area contributed by atoms with Crippen LogP contribution in [0.1, 0.15) is 60.8 Å². The number of hydrogen-bond acceptors (Lipinski definition) is 10. The number of H-pyrrole nitrogens is 1. The summed E-state index contributed by atoms with van der Waals surface area (Å²) in [6.07, 6.45) is 1.94. The van der Waals surface area contributed by atoms with Crippen molar-refractivity contribution in [2.45, 2.75) is 58.3 Å². The van der Waals surface area contributed by atoms with Crippen LogP contribution in [0, 0.1) is 25.0 Å². The van der Waals surface area contributed by atoms with Gasteiger partial charge in [0.2, 0.25) is 21.5 Å². The van der Waals surface area contributed by atoms with Crippen LogP contribution in [0.4, 0.5) is 0 Å². The summed E-state index contributed by atoms with van der Waals surface area (Å²) in [6, 6.07) is 4.44. The molecular formula is C26H31N7O7S. The average molecular weight is 586 g/mol. The Kier molecular flexibility index (Phi) is 7.66. The minimum Gasteiger partial charge on any atom is -0.493 e. The number of sulfonamides is 1. The summed E-state index contributed by atoms with van der Waals surface area (Å²) in [5, 5.41) is 19.7. The minimum atomic E-state index is -3.97. The second-order valence-electron chi connectivity index (χ2n) is 9.92. The summed E-state index contributed by atoms with van der Waals surface area (Å²) in [6.45, 7) is 7.51. The van der Waals surface area contributed by atoms with Crippen LogP contribution in [-0.4, -0.2) is 62.9 Å². The number of carbonyl (C=O) groups is 1. The maximum Gasteiger partial charge on any atom is 0.286 e. The zero-order chi connectivity index (χ0) is 29.5. The lowest BCUT2D eigenvalue weighted by atomic mass is 9.91. The number of ketones is 1. The third-order valence-electron chi connectivity index (χ3n) is 7.24. The van der Waals surface area contributed by atoms with E-state index in [1.807, 2.05) is 6.92 Å². The van der Waals surface area contributed by atoms with E-state index in [4.69, 9.17) is 4.74 Å². The molecule has 218 valence electrons. The maximum atomic E-state index is 13.7. The number of carbonyl (C=O) groups excluding carboxylic acids is 1. The molecule has 0 radical (unpaired) electrons. The molecule has 1 aliphatic rings. The number of imidazole rings is 1. The number of benzene rings is 1. The first kappa shape index (κ1) is 28.4. The zero-order valence-corrected chi connectivity index (χ0v) is 24.0. The predicted molar refractivity (Wildman–Crippen MR) is 145 cm³/mol. The van der Waals surface area contributed by atoms with Crippen molar-refractivity contribution >= 4 is 21.3 Å². The first-order valence-electron chi connectivity index (χ1n) is 13.4. The molecule has 4 heterocycles. The van der Waals surface area contributed by atoms with Gasteiger partial charge in [0, 0.05) is 37.5 Å². The first-order valence-corrected chi connectivity index (χ1v) is 14.9. The highest BCUT2D eigenvalue weighted by Gasteiger charge is 2.36. The van der Waals surface area contributed by atoms with Gasteiger partial charge in [-0.1, -0.05) is 6.92 Å². The quantitative estimate of drug-likeness (QED) is 0.225. The molecule has 5 rings (SSSR count). The topological polar surface area (TPSA) is 180 Å². The predicted octanol–water partition coefficient (Wildman–Crippen LogP) is 1.96. The Labute approximate surface area is 235 Å². The van der Waals surface area contributed by atoms with Gasteiger partial charge in [-0.15, -0.1) is 5.10 Å². The van der Waals surface area contributed by atoms with Crippen molar-refractivity contribution in [1.29, 1.82) is 0 Å². The van der Waals surface area contributed by atoms with Crippen LogP contribution >= 0.6 is 0 Å². The molecule has 1 fully saturated rings. The molecule has 1 aliphatic heterocycles. The van der Waals surface area contributed by atoms with E-state index in [-0.39, 0.29) is 58.7 Å². The molecule has 0 bridgehead atoms. The largest absolute Gasteiger partial charge is 0.493 e. The summed E-state index contributed by atoms with van der Waals surface area (Å²) >= 11 is 0. The Balaban J connectivity index is 1.46. The van der Waals surface area contributed by atoms with Crippen molar-refractivity contribution in [2.75, 3.05) is 19.7 Å². The van der Waals surface area contributed by atoms with E-state index in [1.165, 1.54) is 27.9 Å². The number of fused-ring (bicyclic) bond motifs is 1. The lowest BCUT2D eigenvalue weighted by Crippen LogP contribution is -2.40. The van der Waals surface area contributed by atoms with Crippen molar-refractivity contribution in [3.8, 4) is 17.1 Å². The van der Waals surface area contributed by atoms with Crippen molar-refractivity contribution in [2.24, 2.45) is 5.92 Å². The summed E-state index contributed by atoms with van der Waals surface area (Å²) < 4.78 is 40.5. The molecule has 4 aromatic rings. The fourth-order valence-corrected chi connectivity index (χ4v) is 6.59. The number of nitrogens with one attached hydrogen (secondary N) is 1. The molecule has 1 N–H and O–H groups in total. The fraction of sp³-hybridized carbons (Fsp3) is 0.462. The van der Waals surface area contributed by atoms with Gasteiger partial charge >= 0.3 is 0 Å². The number of aromatic amines is 1. The van der Waals surface area contributed by atoms with E-state index in [1.54, 1.807) is 19.9 Å². The van der Waals surface area contributed by atoms with Gasteiger partial charge in [-0.3, -0.25) is 14.2 Å². The standard InChI is InChI=1S/C26H31N7O7S/c1-5-7-21-27-15(3)23-26(35)28-25(29-32(21)23)19-14-18(8-9-20(19)39-6-2)41(37,38)31-12-10-17(11-13-31)24(34)22-16(4)33(36)40-30-22/h8-9,14,17H,5-7,10-13H2,1-4H3,(H,28,29,35). The Morgan fingerprint density at radius 2 is 1.98 bits per heavy atom. The Morgan fingerprint density at radius 1 is 1.24 bits per heavy atom. The zero-order valence-electron chi connectivity index (χ0n) is 23.2. The molecule has 0 spiro atoms. The molecule has 0 unspecified atom stereocenters. The molecule has 0 saturated carbocycles. The summed E-state index contributed by atoms with van der Waals surface area (Å²) in [7, 11) is -3.97. The Hall–Kier alpha value is -4.11. The number of piperidine rings is 1. The monoisotopic (exact) mass is 585 g/mol. The first-order chi connectivity index (χ1) is 19.6. The van der Waals surface area contributed by atoms with E-state index in [9.17, 15) is 23.2 Å². The van der Waals surface area contributed by atoms with Crippen LogP contribution in [0.3, 0.4) is 0 Å². The summed E-state index contributed by atoms with van der Waals surface area (Å²) in [5.74, 6) is 0.325. The molecule has 41 heavy (non-hydrogen) atoms. The van der Waals surface area contributed by atoms with E-state index < -0.39 is 21.5 Å². The molecule has 0 aliphatic carbocycles. The summed E-state index contributed by atoms with van der Waals surface area (Å²) in [5.41, 5.74) is 0.855. The second kappa shape index (κ2) is 11.0. The normalized spacial score (nSPS) is 15.0. The second-order valence-corrected chi connectivity index (χ2v) is 11.9. The molecule has 3 aromatic heterocycles. The molecule has 0 amide bonds. The van der Waals surface area contributed by atoms with Gasteiger partial charge in [0.25, 0.3) is 11.3 Å². The fourth-order valence-electron chi connectivity index (χ4n) is 5.09.